The Kier molecular flexibility index (Phi) is 5.51. The Morgan fingerprint density at radius 1 is 1.50 bits per heavy atom. The Morgan fingerprint density at radius 3 is 2.65 bits per heavy atom. The summed E-state index contributed by atoms with van der Waals surface area (Å²) >= 11 is 0. The monoisotopic (exact) mass is 275 g/mol. The number of hydrogen-bond acceptors (Lipinski definition) is 5. The molecule has 0 saturated heterocycles. The lowest BCUT2D eigenvalue weighted by atomic mass is 10.1. The van der Waals surface area contributed by atoms with Gasteiger partial charge in [-0.3, -0.25) is 4.79 Å². The molecule has 0 bridgehead atoms. The van der Waals surface area contributed by atoms with Gasteiger partial charge in [0.05, 0.1) is 12.2 Å². The van der Waals surface area contributed by atoms with Crippen LogP contribution >= 0.6 is 0 Å². The van der Waals surface area contributed by atoms with Gasteiger partial charge in [-0.1, -0.05) is 0 Å². The van der Waals surface area contributed by atoms with Crippen LogP contribution in [0.1, 0.15) is 37.6 Å². The quantitative estimate of drug-likeness (QED) is 0.772. The van der Waals surface area contributed by atoms with E-state index in [9.17, 15) is 10.1 Å². The van der Waals surface area contributed by atoms with Crippen LogP contribution in [-0.4, -0.2) is 30.1 Å². The number of ether oxygens (including phenoxy) is 1. The third-order valence-corrected chi connectivity index (χ3v) is 2.94. The average molecular weight is 275 g/mol. The lowest BCUT2D eigenvalue weighted by Gasteiger charge is -2.28. The molecule has 1 heterocycles. The number of pyridine rings is 1. The average Bonchev–Trinajstić information content (AvgIpc) is 2.35. The molecule has 20 heavy (non-hydrogen) atoms. The van der Waals surface area contributed by atoms with Crippen LogP contribution < -0.4 is 4.90 Å². The number of carbonyl (C=O) groups excluding carboxylic acids is 1. The first-order valence-corrected chi connectivity index (χ1v) is 6.71. The Hall–Kier alpha value is -2.09. The van der Waals surface area contributed by atoms with Crippen LogP contribution in [0.3, 0.4) is 0 Å². The van der Waals surface area contributed by atoms with Crippen molar-refractivity contribution in [1.82, 2.24) is 4.98 Å². The van der Waals surface area contributed by atoms with Gasteiger partial charge in [0.15, 0.2) is 0 Å². The highest BCUT2D eigenvalue weighted by molar-refractivity contribution is 5.76. The minimum Gasteiger partial charge on any atom is -0.465 e. The van der Waals surface area contributed by atoms with Crippen molar-refractivity contribution in [2.24, 2.45) is 0 Å². The van der Waals surface area contributed by atoms with Crippen LogP contribution in [0.15, 0.2) is 6.07 Å². The zero-order valence-electron chi connectivity index (χ0n) is 12.7. The standard InChI is InChI=1S/C15H21N3O2/c1-6-20-14(19)9-18(10(2)3)15-13(8-16)11(4)7-12(5)17-15/h7,10H,6,9H2,1-5H3. The predicted octanol–water partition coefficient (Wildman–Crippen LogP) is 2.35. The van der Waals surface area contributed by atoms with E-state index >= 15 is 0 Å². The van der Waals surface area contributed by atoms with E-state index in [1.54, 1.807) is 11.8 Å². The highest BCUT2D eigenvalue weighted by Crippen LogP contribution is 2.23. The number of nitriles is 1. The first-order chi connectivity index (χ1) is 9.40. The fraction of sp³-hybridized carbons (Fsp3) is 0.533. The number of carbonyl (C=O) groups is 1. The van der Waals surface area contributed by atoms with E-state index in [0.29, 0.717) is 18.0 Å². The van der Waals surface area contributed by atoms with Crippen LogP contribution in [0.4, 0.5) is 5.82 Å². The largest absolute Gasteiger partial charge is 0.465 e. The van der Waals surface area contributed by atoms with E-state index in [0.717, 1.165) is 11.3 Å². The normalized spacial score (nSPS) is 10.2. The Balaban J connectivity index is 3.22. The summed E-state index contributed by atoms with van der Waals surface area (Å²) in [6.07, 6.45) is 0. The predicted molar refractivity (Wildman–Crippen MR) is 77.5 cm³/mol. The molecule has 108 valence electrons. The van der Waals surface area contributed by atoms with E-state index in [4.69, 9.17) is 4.74 Å². The molecule has 0 aliphatic carbocycles. The summed E-state index contributed by atoms with van der Waals surface area (Å²) in [6, 6.07) is 4.08. The summed E-state index contributed by atoms with van der Waals surface area (Å²) in [4.78, 5) is 18.0. The van der Waals surface area contributed by atoms with Gasteiger partial charge in [0.2, 0.25) is 0 Å². The van der Waals surface area contributed by atoms with Gasteiger partial charge in [-0.15, -0.1) is 0 Å². The summed E-state index contributed by atoms with van der Waals surface area (Å²) < 4.78 is 4.99. The molecule has 0 fully saturated rings. The maximum absolute atomic E-state index is 11.7. The van der Waals surface area contributed by atoms with Crippen LogP contribution in [0.2, 0.25) is 0 Å². The SMILES string of the molecule is CCOC(=O)CN(c1nc(C)cc(C)c1C#N)C(C)C. The molecular formula is C15H21N3O2. The second-order valence-electron chi connectivity index (χ2n) is 4.92. The number of rotatable bonds is 5. The molecule has 0 amide bonds. The fourth-order valence-electron chi connectivity index (χ4n) is 2.01. The lowest BCUT2D eigenvalue weighted by Crippen LogP contribution is -2.38. The van der Waals surface area contributed by atoms with Gasteiger partial charge < -0.3 is 9.64 Å². The molecule has 0 unspecified atom stereocenters. The summed E-state index contributed by atoms with van der Waals surface area (Å²) in [5.74, 6) is 0.235. The molecule has 0 saturated carbocycles. The molecule has 1 rings (SSSR count). The number of anilines is 1. The third kappa shape index (κ3) is 3.70. The summed E-state index contributed by atoms with van der Waals surface area (Å²) in [6.45, 7) is 9.87. The highest BCUT2D eigenvalue weighted by atomic mass is 16.5. The van der Waals surface area contributed by atoms with Gasteiger partial charge in [0.1, 0.15) is 18.4 Å². The second-order valence-corrected chi connectivity index (χ2v) is 4.92. The van der Waals surface area contributed by atoms with Crippen molar-refractivity contribution in [3.63, 3.8) is 0 Å². The van der Waals surface area contributed by atoms with Gasteiger partial charge in [-0.25, -0.2) is 4.98 Å². The number of nitrogens with zero attached hydrogens (tertiary/aromatic N) is 3. The van der Waals surface area contributed by atoms with Crippen LogP contribution in [0, 0.1) is 25.2 Å². The number of aryl methyl sites for hydroxylation is 2. The van der Waals surface area contributed by atoms with Gasteiger partial charge >= 0.3 is 5.97 Å². The van der Waals surface area contributed by atoms with Crippen LogP contribution in [0.5, 0.6) is 0 Å². The van der Waals surface area contributed by atoms with E-state index in [-0.39, 0.29) is 18.6 Å². The Labute approximate surface area is 120 Å². The molecule has 0 radical (unpaired) electrons. The van der Waals surface area contributed by atoms with Gasteiger partial charge in [-0.05, 0) is 46.2 Å². The minimum absolute atomic E-state index is 0.0419. The molecule has 0 N–H and O–H groups in total. The van der Waals surface area contributed by atoms with Crippen molar-refractivity contribution in [2.45, 2.75) is 40.7 Å². The Bertz CT molecular complexity index is 533. The molecule has 5 nitrogen and oxygen atoms in total. The van der Waals surface area contributed by atoms with E-state index in [1.165, 1.54) is 0 Å². The van der Waals surface area contributed by atoms with Crippen molar-refractivity contribution < 1.29 is 9.53 Å². The fourth-order valence-corrected chi connectivity index (χ4v) is 2.01. The zero-order chi connectivity index (χ0) is 15.3. The molecule has 5 heteroatoms. The summed E-state index contributed by atoms with van der Waals surface area (Å²) in [7, 11) is 0. The number of esters is 1. The number of aromatic nitrogens is 1. The van der Waals surface area contributed by atoms with Crippen molar-refractivity contribution in [1.29, 1.82) is 5.26 Å². The topological polar surface area (TPSA) is 66.2 Å². The van der Waals surface area contributed by atoms with E-state index < -0.39 is 0 Å². The second kappa shape index (κ2) is 6.90. The molecule has 0 atom stereocenters. The molecular weight excluding hydrogens is 254 g/mol. The van der Waals surface area contributed by atoms with Crippen molar-refractivity contribution in [2.75, 3.05) is 18.1 Å². The van der Waals surface area contributed by atoms with Crippen molar-refractivity contribution >= 4 is 11.8 Å². The van der Waals surface area contributed by atoms with Crippen molar-refractivity contribution in [3.05, 3.63) is 22.9 Å². The molecule has 0 aromatic carbocycles. The first-order valence-electron chi connectivity index (χ1n) is 6.71. The van der Waals surface area contributed by atoms with E-state index in [2.05, 4.69) is 11.1 Å². The maximum atomic E-state index is 11.7. The van der Waals surface area contributed by atoms with E-state index in [1.807, 2.05) is 33.8 Å². The smallest absolute Gasteiger partial charge is 0.325 e. The molecule has 1 aromatic rings. The van der Waals surface area contributed by atoms with Crippen molar-refractivity contribution in [3.8, 4) is 6.07 Å². The lowest BCUT2D eigenvalue weighted by molar-refractivity contribution is -0.141. The maximum Gasteiger partial charge on any atom is 0.325 e. The van der Waals surface area contributed by atoms with Crippen LogP contribution in [-0.2, 0) is 9.53 Å². The molecule has 1 aromatic heterocycles. The molecule has 0 aliphatic heterocycles. The van der Waals surface area contributed by atoms with Gasteiger partial charge in [0, 0.05) is 11.7 Å². The summed E-state index contributed by atoms with van der Waals surface area (Å²) in [5, 5.41) is 9.33. The third-order valence-electron chi connectivity index (χ3n) is 2.94. The minimum atomic E-state index is -0.314. The molecule has 0 aliphatic rings. The zero-order valence-corrected chi connectivity index (χ0v) is 12.7. The summed E-state index contributed by atoms with van der Waals surface area (Å²) in [5.41, 5.74) is 2.20. The Morgan fingerprint density at radius 2 is 2.15 bits per heavy atom. The van der Waals surface area contributed by atoms with Gasteiger partial charge in [0.25, 0.3) is 0 Å². The highest BCUT2D eigenvalue weighted by Gasteiger charge is 2.21. The van der Waals surface area contributed by atoms with Crippen LogP contribution in [0.25, 0.3) is 0 Å². The molecule has 0 spiro atoms. The van der Waals surface area contributed by atoms with Gasteiger partial charge in [-0.2, -0.15) is 5.26 Å². The first kappa shape index (κ1) is 16.0. The number of hydrogen-bond donors (Lipinski definition) is 0.